The summed E-state index contributed by atoms with van der Waals surface area (Å²) in [4.78, 5) is 0.465. The molecule has 0 rings (SSSR count). The van der Waals surface area contributed by atoms with Gasteiger partial charge >= 0.3 is 0 Å². The molecule has 1 heteroatoms. The van der Waals surface area contributed by atoms with E-state index in [9.17, 15) is 0 Å². The third kappa shape index (κ3) is 9.21. The number of rotatable bonds is 8. The summed E-state index contributed by atoms with van der Waals surface area (Å²) in [7, 11) is 0. The summed E-state index contributed by atoms with van der Waals surface area (Å²) in [5, 5.41) is 0. The molecule has 0 spiro atoms. The highest BCUT2D eigenvalue weighted by atomic mass is 79.9. The predicted octanol–water partition coefficient (Wildman–Crippen LogP) is 7.38. The lowest BCUT2D eigenvalue weighted by Gasteiger charge is -2.33. The molecule has 0 radical (unpaired) electrons. The summed E-state index contributed by atoms with van der Waals surface area (Å²) in [5.74, 6) is 0. The lowest BCUT2D eigenvalue weighted by molar-refractivity contribution is 0.196. The van der Waals surface area contributed by atoms with E-state index in [0.717, 1.165) is 6.42 Å². The second-order valence-corrected chi connectivity index (χ2v) is 10.4. The van der Waals surface area contributed by atoms with E-state index in [1.54, 1.807) is 0 Å². The Kier molecular flexibility index (Phi) is 7.56. The SMILES string of the molecule is C=C(CC(C)(C)CC)C(Br)CCC(C)(C)CC(C)(C)C. The molecule has 0 amide bonds. The van der Waals surface area contributed by atoms with Gasteiger partial charge in [0.05, 0.1) is 0 Å². The van der Waals surface area contributed by atoms with E-state index in [2.05, 4.69) is 77.9 Å². The fourth-order valence-electron chi connectivity index (χ4n) is 3.10. The minimum absolute atomic E-state index is 0.379. The van der Waals surface area contributed by atoms with Gasteiger partial charge in [-0.15, -0.1) is 0 Å². The molecule has 0 aliphatic carbocycles. The van der Waals surface area contributed by atoms with Crippen LogP contribution in [0.4, 0.5) is 0 Å². The van der Waals surface area contributed by atoms with Gasteiger partial charge in [-0.25, -0.2) is 0 Å². The predicted molar refractivity (Wildman–Crippen MR) is 97.6 cm³/mol. The van der Waals surface area contributed by atoms with Crippen LogP contribution in [0, 0.1) is 16.2 Å². The standard InChI is InChI=1S/C19H37Br/c1-10-18(6,7)13-15(2)16(20)11-12-19(8,9)14-17(3,4)5/h16H,2,10-14H2,1,3-9H3. The third-order valence-electron chi connectivity index (χ3n) is 4.19. The summed E-state index contributed by atoms with van der Waals surface area (Å²) in [6, 6.07) is 0. The number of hydrogen-bond donors (Lipinski definition) is 0. The van der Waals surface area contributed by atoms with Crippen LogP contribution in [0.3, 0.4) is 0 Å². The molecule has 20 heavy (non-hydrogen) atoms. The molecule has 1 atom stereocenters. The van der Waals surface area contributed by atoms with Crippen molar-refractivity contribution in [1.29, 1.82) is 0 Å². The summed E-state index contributed by atoms with van der Waals surface area (Å²) in [6.07, 6.45) is 6.06. The monoisotopic (exact) mass is 344 g/mol. The van der Waals surface area contributed by atoms with Gasteiger partial charge in [0, 0.05) is 4.83 Å². The van der Waals surface area contributed by atoms with E-state index in [1.807, 2.05) is 0 Å². The number of halogens is 1. The van der Waals surface area contributed by atoms with Crippen molar-refractivity contribution in [3.05, 3.63) is 12.2 Å². The van der Waals surface area contributed by atoms with Crippen LogP contribution < -0.4 is 0 Å². The Hall–Kier alpha value is 0.220. The molecule has 0 aliphatic rings. The van der Waals surface area contributed by atoms with Gasteiger partial charge in [0.25, 0.3) is 0 Å². The van der Waals surface area contributed by atoms with Crippen LogP contribution in [-0.2, 0) is 0 Å². The normalized spacial score (nSPS) is 15.2. The number of alkyl halides is 1. The Morgan fingerprint density at radius 3 is 1.90 bits per heavy atom. The summed E-state index contributed by atoms with van der Waals surface area (Å²) >= 11 is 3.86. The molecule has 0 saturated heterocycles. The van der Waals surface area contributed by atoms with Crippen LogP contribution in [0.1, 0.15) is 87.5 Å². The second kappa shape index (κ2) is 7.47. The molecule has 120 valence electrons. The van der Waals surface area contributed by atoms with Gasteiger partial charge in [-0.3, -0.25) is 0 Å². The first kappa shape index (κ1) is 20.2. The van der Waals surface area contributed by atoms with Crippen molar-refractivity contribution in [2.24, 2.45) is 16.2 Å². The minimum atomic E-state index is 0.379. The summed E-state index contributed by atoms with van der Waals surface area (Å²) < 4.78 is 0. The van der Waals surface area contributed by atoms with Gasteiger partial charge < -0.3 is 0 Å². The van der Waals surface area contributed by atoms with Crippen molar-refractivity contribution in [3.63, 3.8) is 0 Å². The highest BCUT2D eigenvalue weighted by Gasteiger charge is 2.27. The van der Waals surface area contributed by atoms with Crippen molar-refractivity contribution in [2.45, 2.75) is 92.3 Å². The fourth-order valence-corrected chi connectivity index (χ4v) is 3.49. The maximum atomic E-state index is 4.32. The maximum absolute atomic E-state index is 4.32. The first-order valence-corrected chi connectivity index (χ1v) is 9.01. The Bertz CT molecular complexity index is 304. The Morgan fingerprint density at radius 2 is 1.50 bits per heavy atom. The van der Waals surface area contributed by atoms with E-state index >= 15 is 0 Å². The van der Waals surface area contributed by atoms with Crippen molar-refractivity contribution in [1.82, 2.24) is 0 Å². The van der Waals surface area contributed by atoms with Crippen LogP contribution in [-0.4, -0.2) is 4.83 Å². The van der Waals surface area contributed by atoms with Crippen LogP contribution in [0.2, 0.25) is 0 Å². The molecule has 0 aliphatic heterocycles. The third-order valence-corrected chi connectivity index (χ3v) is 5.29. The molecule has 0 aromatic carbocycles. The van der Waals surface area contributed by atoms with Crippen molar-refractivity contribution < 1.29 is 0 Å². The average molecular weight is 345 g/mol. The molecule has 0 saturated carbocycles. The first-order valence-electron chi connectivity index (χ1n) is 8.10. The molecule has 0 aromatic heterocycles. The van der Waals surface area contributed by atoms with E-state index in [-0.39, 0.29) is 0 Å². The first-order chi connectivity index (χ1) is 8.78. The molecule has 0 N–H and O–H groups in total. The molecular formula is C19H37Br. The van der Waals surface area contributed by atoms with E-state index in [0.29, 0.717) is 21.1 Å². The second-order valence-electron chi connectivity index (χ2n) is 9.26. The van der Waals surface area contributed by atoms with Gasteiger partial charge in [-0.2, -0.15) is 0 Å². The molecule has 0 aromatic rings. The fraction of sp³-hybridized carbons (Fsp3) is 0.895. The minimum Gasteiger partial charge on any atom is -0.0987 e. The van der Waals surface area contributed by atoms with Crippen LogP contribution in [0.5, 0.6) is 0 Å². The van der Waals surface area contributed by atoms with E-state index < -0.39 is 0 Å². The van der Waals surface area contributed by atoms with Gasteiger partial charge in [-0.05, 0) is 41.9 Å². The molecule has 0 bridgehead atoms. The molecular weight excluding hydrogens is 308 g/mol. The number of allylic oxidation sites excluding steroid dienone is 1. The number of hydrogen-bond acceptors (Lipinski definition) is 0. The quantitative estimate of drug-likeness (QED) is 0.318. The Labute approximate surface area is 136 Å². The molecule has 0 fully saturated rings. The van der Waals surface area contributed by atoms with Gasteiger partial charge in [0.15, 0.2) is 0 Å². The van der Waals surface area contributed by atoms with E-state index in [1.165, 1.54) is 31.3 Å². The Balaban J connectivity index is 4.34. The van der Waals surface area contributed by atoms with Crippen LogP contribution in [0.25, 0.3) is 0 Å². The topological polar surface area (TPSA) is 0 Å². The van der Waals surface area contributed by atoms with Gasteiger partial charge in [0.1, 0.15) is 0 Å². The molecule has 1 unspecified atom stereocenters. The van der Waals surface area contributed by atoms with E-state index in [4.69, 9.17) is 0 Å². The van der Waals surface area contributed by atoms with Crippen LogP contribution >= 0.6 is 15.9 Å². The highest BCUT2D eigenvalue weighted by molar-refractivity contribution is 9.09. The zero-order chi connectivity index (χ0) is 16.2. The smallest absolute Gasteiger partial charge is 0.0352 e. The lowest BCUT2D eigenvalue weighted by Crippen LogP contribution is -2.22. The Morgan fingerprint density at radius 1 is 1.00 bits per heavy atom. The zero-order valence-electron chi connectivity index (χ0n) is 15.2. The van der Waals surface area contributed by atoms with Crippen LogP contribution in [0.15, 0.2) is 12.2 Å². The average Bonchev–Trinajstić information content (AvgIpc) is 2.22. The van der Waals surface area contributed by atoms with Crippen molar-refractivity contribution >= 4 is 15.9 Å². The zero-order valence-corrected chi connectivity index (χ0v) is 16.8. The lowest BCUT2D eigenvalue weighted by atomic mass is 9.73. The van der Waals surface area contributed by atoms with Gasteiger partial charge in [-0.1, -0.05) is 89.9 Å². The van der Waals surface area contributed by atoms with Crippen molar-refractivity contribution in [3.8, 4) is 0 Å². The molecule has 0 heterocycles. The maximum Gasteiger partial charge on any atom is 0.0352 e. The summed E-state index contributed by atoms with van der Waals surface area (Å²) in [5.41, 5.74) is 2.56. The largest absolute Gasteiger partial charge is 0.0987 e. The van der Waals surface area contributed by atoms with Crippen molar-refractivity contribution in [2.75, 3.05) is 0 Å². The van der Waals surface area contributed by atoms with Gasteiger partial charge in [0.2, 0.25) is 0 Å². The molecule has 0 nitrogen and oxygen atoms in total. The highest BCUT2D eigenvalue weighted by Crippen LogP contribution is 2.39. The summed E-state index contributed by atoms with van der Waals surface area (Å²) in [6.45, 7) is 23.1.